The topological polar surface area (TPSA) is 61.2 Å². The van der Waals surface area contributed by atoms with E-state index in [1.165, 1.54) is 6.20 Å². The average Bonchev–Trinajstić information content (AvgIpc) is 2.67. The Morgan fingerprint density at radius 3 is 3.20 bits per heavy atom. The van der Waals surface area contributed by atoms with Crippen LogP contribution in [-0.4, -0.2) is 22.1 Å². The van der Waals surface area contributed by atoms with E-state index in [1.54, 1.807) is 11.5 Å². The summed E-state index contributed by atoms with van der Waals surface area (Å²) in [6.45, 7) is 2.62. The predicted octanol–water partition coefficient (Wildman–Crippen LogP) is 0.366. The summed E-state index contributed by atoms with van der Waals surface area (Å²) >= 11 is 0. The van der Waals surface area contributed by atoms with Gasteiger partial charge in [0.05, 0.1) is 6.61 Å². The van der Waals surface area contributed by atoms with Crippen molar-refractivity contribution in [2.45, 2.75) is 26.3 Å². The molecule has 1 aliphatic rings. The van der Waals surface area contributed by atoms with Crippen LogP contribution in [0.15, 0.2) is 11.0 Å². The molecule has 1 aliphatic heterocycles. The quantitative estimate of drug-likeness (QED) is 0.658. The summed E-state index contributed by atoms with van der Waals surface area (Å²) in [6.07, 6.45) is 3.03. The highest BCUT2D eigenvalue weighted by molar-refractivity contribution is 5.88. The average molecular weight is 208 g/mol. The van der Waals surface area contributed by atoms with E-state index >= 15 is 0 Å². The number of hydrogen-bond acceptors (Lipinski definition) is 4. The number of rotatable bonds is 2. The van der Waals surface area contributed by atoms with Gasteiger partial charge >= 0.3 is 5.97 Å². The van der Waals surface area contributed by atoms with Crippen LogP contribution in [-0.2, 0) is 17.7 Å². The fourth-order valence-electron chi connectivity index (χ4n) is 1.70. The van der Waals surface area contributed by atoms with E-state index in [9.17, 15) is 9.59 Å². The van der Waals surface area contributed by atoms with E-state index in [1.807, 2.05) is 0 Å². The summed E-state index contributed by atoms with van der Waals surface area (Å²) in [6, 6.07) is 0. The van der Waals surface area contributed by atoms with Crippen molar-refractivity contribution in [2.75, 3.05) is 6.61 Å². The molecule has 2 rings (SSSR count). The Kier molecular flexibility index (Phi) is 2.53. The molecule has 5 nitrogen and oxygen atoms in total. The highest BCUT2D eigenvalue weighted by Crippen LogP contribution is 2.08. The van der Waals surface area contributed by atoms with Crippen molar-refractivity contribution in [2.24, 2.45) is 0 Å². The Hall–Kier alpha value is -1.65. The summed E-state index contributed by atoms with van der Waals surface area (Å²) in [5, 5.41) is 0. The largest absolute Gasteiger partial charge is 0.462 e. The van der Waals surface area contributed by atoms with Crippen molar-refractivity contribution in [1.29, 1.82) is 0 Å². The number of nitrogens with zero attached hydrogens (tertiary/aromatic N) is 2. The molecule has 0 fully saturated rings. The molecular weight excluding hydrogens is 196 g/mol. The highest BCUT2D eigenvalue weighted by atomic mass is 16.5. The third-order valence-electron chi connectivity index (χ3n) is 2.41. The molecule has 0 aliphatic carbocycles. The second kappa shape index (κ2) is 3.84. The van der Waals surface area contributed by atoms with Gasteiger partial charge in [-0.2, -0.15) is 0 Å². The van der Waals surface area contributed by atoms with Crippen LogP contribution < -0.4 is 5.56 Å². The van der Waals surface area contributed by atoms with E-state index < -0.39 is 5.97 Å². The van der Waals surface area contributed by atoms with E-state index in [0.717, 1.165) is 18.7 Å². The first-order chi connectivity index (χ1) is 7.24. The molecule has 0 saturated carbocycles. The van der Waals surface area contributed by atoms with Crippen molar-refractivity contribution < 1.29 is 9.53 Å². The Balaban J connectivity index is 2.43. The van der Waals surface area contributed by atoms with Crippen LogP contribution in [0.2, 0.25) is 0 Å². The fraction of sp³-hybridized carbons (Fsp3) is 0.500. The standard InChI is InChI=1S/C10H12N2O3/c1-2-15-10(14)7-6-11-8-4-3-5-12(8)9(7)13/h6H,2-5H2,1H3. The molecule has 1 aromatic heterocycles. The number of aryl methyl sites for hydroxylation is 1. The summed E-state index contributed by atoms with van der Waals surface area (Å²) in [5.74, 6) is 0.172. The number of fused-ring (bicyclic) bond motifs is 1. The van der Waals surface area contributed by atoms with Gasteiger partial charge in [0.2, 0.25) is 0 Å². The zero-order valence-electron chi connectivity index (χ0n) is 8.52. The molecule has 0 spiro atoms. The van der Waals surface area contributed by atoms with Crippen LogP contribution in [0.3, 0.4) is 0 Å². The maximum Gasteiger partial charge on any atom is 0.345 e. The van der Waals surface area contributed by atoms with Gasteiger partial charge < -0.3 is 4.74 Å². The number of carbonyl (C=O) groups is 1. The maximum absolute atomic E-state index is 11.8. The Labute approximate surface area is 86.7 Å². The molecule has 0 saturated heterocycles. The zero-order valence-corrected chi connectivity index (χ0v) is 8.52. The highest BCUT2D eigenvalue weighted by Gasteiger charge is 2.19. The van der Waals surface area contributed by atoms with Gasteiger partial charge in [0, 0.05) is 19.2 Å². The van der Waals surface area contributed by atoms with Crippen molar-refractivity contribution in [3.05, 3.63) is 27.9 Å². The molecule has 80 valence electrons. The molecule has 0 radical (unpaired) electrons. The van der Waals surface area contributed by atoms with Crippen LogP contribution in [0.5, 0.6) is 0 Å². The van der Waals surface area contributed by atoms with Crippen molar-refractivity contribution in [3.8, 4) is 0 Å². The molecule has 5 heteroatoms. The summed E-state index contributed by atoms with van der Waals surface area (Å²) < 4.78 is 6.32. The van der Waals surface area contributed by atoms with Crippen LogP contribution in [0.1, 0.15) is 29.5 Å². The van der Waals surface area contributed by atoms with E-state index in [2.05, 4.69) is 4.98 Å². The molecule has 0 atom stereocenters. The second-order valence-electron chi connectivity index (χ2n) is 3.37. The van der Waals surface area contributed by atoms with Gasteiger partial charge in [0.25, 0.3) is 5.56 Å². The third kappa shape index (κ3) is 1.65. The van der Waals surface area contributed by atoms with Crippen LogP contribution in [0.4, 0.5) is 0 Å². The molecule has 0 amide bonds. The Bertz CT molecular complexity index is 450. The van der Waals surface area contributed by atoms with Gasteiger partial charge in [-0.15, -0.1) is 0 Å². The SMILES string of the molecule is CCOC(=O)c1cnc2n(c1=O)CCC2. The lowest BCUT2D eigenvalue weighted by Crippen LogP contribution is -2.27. The van der Waals surface area contributed by atoms with Gasteiger partial charge in [-0.1, -0.05) is 0 Å². The smallest absolute Gasteiger partial charge is 0.345 e. The molecule has 0 aromatic carbocycles. The number of esters is 1. The van der Waals surface area contributed by atoms with Crippen molar-refractivity contribution in [3.63, 3.8) is 0 Å². The van der Waals surface area contributed by atoms with Crippen LogP contribution in [0, 0.1) is 0 Å². The first-order valence-corrected chi connectivity index (χ1v) is 5.00. The molecule has 0 unspecified atom stereocenters. The molecule has 0 bridgehead atoms. The number of aromatic nitrogens is 2. The molecular formula is C10H12N2O3. The van der Waals surface area contributed by atoms with Crippen LogP contribution >= 0.6 is 0 Å². The molecule has 1 aromatic rings. The van der Waals surface area contributed by atoms with Gasteiger partial charge in [-0.3, -0.25) is 9.36 Å². The van der Waals surface area contributed by atoms with Gasteiger partial charge in [-0.25, -0.2) is 9.78 Å². The minimum atomic E-state index is -0.586. The lowest BCUT2D eigenvalue weighted by Gasteiger charge is -2.04. The number of carbonyl (C=O) groups excluding carboxylic acids is 1. The summed E-state index contributed by atoms with van der Waals surface area (Å²) in [4.78, 5) is 27.3. The van der Waals surface area contributed by atoms with Crippen molar-refractivity contribution >= 4 is 5.97 Å². The Morgan fingerprint density at radius 2 is 2.47 bits per heavy atom. The lowest BCUT2D eigenvalue weighted by atomic mass is 10.3. The third-order valence-corrected chi connectivity index (χ3v) is 2.41. The predicted molar refractivity (Wildman–Crippen MR) is 52.8 cm³/mol. The first-order valence-electron chi connectivity index (χ1n) is 5.00. The van der Waals surface area contributed by atoms with Gasteiger partial charge in [0.1, 0.15) is 11.4 Å². The monoisotopic (exact) mass is 208 g/mol. The minimum Gasteiger partial charge on any atom is -0.462 e. The lowest BCUT2D eigenvalue weighted by molar-refractivity contribution is 0.0523. The molecule has 15 heavy (non-hydrogen) atoms. The normalized spacial score (nSPS) is 13.7. The van der Waals surface area contributed by atoms with E-state index in [4.69, 9.17) is 4.74 Å². The Morgan fingerprint density at radius 1 is 1.67 bits per heavy atom. The van der Waals surface area contributed by atoms with E-state index in [0.29, 0.717) is 6.54 Å². The fourth-order valence-corrected chi connectivity index (χ4v) is 1.70. The molecule has 0 N–H and O–H groups in total. The maximum atomic E-state index is 11.8. The summed E-state index contributed by atoms with van der Waals surface area (Å²) in [5.41, 5.74) is -0.251. The van der Waals surface area contributed by atoms with Crippen LogP contribution in [0.25, 0.3) is 0 Å². The second-order valence-corrected chi connectivity index (χ2v) is 3.37. The van der Waals surface area contributed by atoms with E-state index in [-0.39, 0.29) is 17.7 Å². The number of ether oxygens (including phenoxy) is 1. The van der Waals surface area contributed by atoms with Crippen molar-refractivity contribution in [1.82, 2.24) is 9.55 Å². The first kappa shape index (κ1) is 9.89. The summed E-state index contributed by atoms with van der Waals surface area (Å²) in [7, 11) is 0. The number of hydrogen-bond donors (Lipinski definition) is 0. The zero-order chi connectivity index (χ0) is 10.8. The molecule has 2 heterocycles. The van der Waals surface area contributed by atoms with Gasteiger partial charge in [0.15, 0.2) is 0 Å². The minimum absolute atomic E-state index is 0.0301. The van der Waals surface area contributed by atoms with Gasteiger partial charge in [-0.05, 0) is 13.3 Å².